The minimum Gasteiger partial charge on any atom is -0.493 e. The van der Waals surface area contributed by atoms with Gasteiger partial charge in [0.05, 0.1) is 19.2 Å². The van der Waals surface area contributed by atoms with E-state index in [0.29, 0.717) is 16.0 Å². The molecule has 0 heterocycles. The molecule has 0 radical (unpaired) electrons. The van der Waals surface area contributed by atoms with Gasteiger partial charge < -0.3 is 14.8 Å². The van der Waals surface area contributed by atoms with Gasteiger partial charge in [-0.05, 0) is 30.3 Å². The zero-order chi connectivity index (χ0) is 15.9. The molecule has 0 aliphatic rings. The van der Waals surface area contributed by atoms with Crippen LogP contribution in [0.4, 0.5) is 4.39 Å². The van der Waals surface area contributed by atoms with Crippen LogP contribution in [0.5, 0.6) is 11.5 Å². The van der Waals surface area contributed by atoms with Crippen LogP contribution < -0.4 is 14.8 Å². The molecule has 2 aromatic rings. The van der Waals surface area contributed by atoms with E-state index < -0.39 is 11.7 Å². The Hall–Kier alpha value is -2.08. The third-order valence-corrected chi connectivity index (χ3v) is 3.38. The van der Waals surface area contributed by atoms with Gasteiger partial charge in [0, 0.05) is 4.47 Å². The number of rotatable bonds is 6. The molecular formula is C16H15BrFNO3. The first kappa shape index (κ1) is 16.3. The fourth-order valence-electron chi connectivity index (χ4n) is 1.83. The molecule has 0 fully saturated rings. The number of ether oxygens (including phenoxy) is 2. The lowest BCUT2D eigenvalue weighted by Gasteiger charge is -2.11. The van der Waals surface area contributed by atoms with E-state index in [2.05, 4.69) is 21.2 Å². The fourth-order valence-corrected chi connectivity index (χ4v) is 2.17. The molecule has 4 nitrogen and oxygen atoms in total. The van der Waals surface area contributed by atoms with Gasteiger partial charge >= 0.3 is 0 Å². The van der Waals surface area contributed by atoms with Crippen molar-refractivity contribution in [3.05, 3.63) is 58.3 Å². The Balaban J connectivity index is 1.85. The molecule has 0 atom stereocenters. The van der Waals surface area contributed by atoms with Crippen LogP contribution in [0, 0.1) is 5.82 Å². The Morgan fingerprint density at radius 2 is 1.95 bits per heavy atom. The highest BCUT2D eigenvalue weighted by atomic mass is 79.9. The van der Waals surface area contributed by atoms with Gasteiger partial charge in [-0.25, -0.2) is 4.39 Å². The number of halogens is 2. The lowest BCUT2D eigenvalue weighted by Crippen LogP contribution is -2.28. The maximum Gasteiger partial charge on any atom is 0.254 e. The van der Waals surface area contributed by atoms with Crippen molar-refractivity contribution in [1.29, 1.82) is 0 Å². The Morgan fingerprint density at radius 1 is 1.23 bits per heavy atom. The molecule has 116 valence electrons. The second-order valence-corrected chi connectivity index (χ2v) is 5.30. The molecule has 6 heteroatoms. The van der Waals surface area contributed by atoms with Crippen molar-refractivity contribution >= 4 is 21.8 Å². The zero-order valence-corrected chi connectivity index (χ0v) is 13.5. The number of carbonyl (C=O) groups excluding carboxylic acids is 1. The van der Waals surface area contributed by atoms with Crippen LogP contribution in [0.2, 0.25) is 0 Å². The van der Waals surface area contributed by atoms with E-state index >= 15 is 0 Å². The van der Waals surface area contributed by atoms with Crippen LogP contribution in [0.25, 0.3) is 0 Å². The molecule has 0 spiro atoms. The third kappa shape index (κ3) is 4.21. The van der Waals surface area contributed by atoms with Crippen molar-refractivity contribution in [2.45, 2.75) is 0 Å². The Morgan fingerprint density at radius 3 is 2.64 bits per heavy atom. The van der Waals surface area contributed by atoms with Crippen LogP contribution in [-0.2, 0) is 0 Å². The zero-order valence-electron chi connectivity index (χ0n) is 11.9. The molecule has 1 N–H and O–H groups in total. The summed E-state index contributed by atoms with van der Waals surface area (Å²) in [6.07, 6.45) is 0. The van der Waals surface area contributed by atoms with E-state index in [0.717, 1.165) is 0 Å². The highest BCUT2D eigenvalue weighted by Crippen LogP contribution is 2.25. The number of amides is 1. The number of para-hydroxylation sites is 2. The van der Waals surface area contributed by atoms with Crippen LogP contribution in [-0.4, -0.2) is 26.2 Å². The molecule has 0 aliphatic heterocycles. The molecule has 0 unspecified atom stereocenters. The largest absolute Gasteiger partial charge is 0.493 e. The Labute approximate surface area is 136 Å². The summed E-state index contributed by atoms with van der Waals surface area (Å²) in [5.41, 5.74) is 0.000455. The van der Waals surface area contributed by atoms with E-state index in [1.165, 1.54) is 12.1 Å². The fraction of sp³-hybridized carbons (Fsp3) is 0.188. The molecule has 2 rings (SSSR count). The molecule has 22 heavy (non-hydrogen) atoms. The van der Waals surface area contributed by atoms with Gasteiger partial charge in [0.2, 0.25) is 0 Å². The maximum absolute atomic E-state index is 13.6. The van der Waals surface area contributed by atoms with E-state index in [-0.39, 0.29) is 18.7 Å². The van der Waals surface area contributed by atoms with Gasteiger partial charge in [0.1, 0.15) is 12.4 Å². The first-order valence-electron chi connectivity index (χ1n) is 6.61. The second kappa shape index (κ2) is 7.79. The standard InChI is InChI=1S/C16H15BrFNO3/c1-21-14-4-2-3-5-15(14)22-9-8-19-16(20)12-7-6-11(17)10-13(12)18/h2-7,10H,8-9H2,1H3,(H,19,20). The van der Waals surface area contributed by atoms with E-state index in [9.17, 15) is 9.18 Å². The summed E-state index contributed by atoms with van der Waals surface area (Å²) in [6.45, 7) is 0.511. The molecule has 0 aliphatic carbocycles. The number of carbonyl (C=O) groups is 1. The van der Waals surface area contributed by atoms with Crippen LogP contribution in [0.1, 0.15) is 10.4 Å². The van der Waals surface area contributed by atoms with Gasteiger partial charge in [0.15, 0.2) is 11.5 Å². The van der Waals surface area contributed by atoms with Crippen LogP contribution >= 0.6 is 15.9 Å². The Bertz CT molecular complexity index is 664. The highest BCUT2D eigenvalue weighted by molar-refractivity contribution is 9.10. The van der Waals surface area contributed by atoms with Crippen molar-refractivity contribution in [1.82, 2.24) is 5.32 Å². The highest BCUT2D eigenvalue weighted by Gasteiger charge is 2.11. The molecule has 0 saturated heterocycles. The minimum atomic E-state index is -0.572. The summed E-state index contributed by atoms with van der Waals surface area (Å²) < 4.78 is 24.9. The predicted molar refractivity (Wildman–Crippen MR) is 84.9 cm³/mol. The van der Waals surface area contributed by atoms with Gasteiger partial charge in [-0.15, -0.1) is 0 Å². The van der Waals surface area contributed by atoms with Crippen molar-refractivity contribution in [3.63, 3.8) is 0 Å². The summed E-state index contributed by atoms with van der Waals surface area (Å²) in [5.74, 6) is 0.160. The SMILES string of the molecule is COc1ccccc1OCCNC(=O)c1ccc(Br)cc1F. The summed E-state index contributed by atoms with van der Waals surface area (Å²) >= 11 is 3.15. The first-order chi connectivity index (χ1) is 10.6. The van der Waals surface area contributed by atoms with Gasteiger partial charge in [0.25, 0.3) is 5.91 Å². The summed E-state index contributed by atoms with van der Waals surface area (Å²) in [4.78, 5) is 11.9. The van der Waals surface area contributed by atoms with E-state index in [1.807, 2.05) is 12.1 Å². The number of benzene rings is 2. The van der Waals surface area contributed by atoms with E-state index in [1.54, 1.807) is 25.3 Å². The van der Waals surface area contributed by atoms with Crippen molar-refractivity contribution in [3.8, 4) is 11.5 Å². The van der Waals surface area contributed by atoms with Crippen molar-refractivity contribution in [2.75, 3.05) is 20.3 Å². The molecular weight excluding hydrogens is 353 g/mol. The molecule has 1 amide bonds. The summed E-state index contributed by atoms with van der Waals surface area (Å²) in [6, 6.07) is 11.5. The number of methoxy groups -OCH3 is 1. The van der Waals surface area contributed by atoms with Crippen LogP contribution in [0.3, 0.4) is 0 Å². The number of hydrogen-bond acceptors (Lipinski definition) is 3. The molecule has 0 aromatic heterocycles. The molecule has 2 aromatic carbocycles. The topological polar surface area (TPSA) is 47.6 Å². The minimum absolute atomic E-state index is 0.000455. The van der Waals surface area contributed by atoms with E-state index in [4.69, 9.17) is 9.47 Å². The monoisotopic (exact) mass is 367 g/mol. The Kier molecular flexibility index (Phi) is 5.77. The van der Waals surface area contributed by atoms with Gasteiger partial charge in [-0.3, -0.25) is 4.79 Å². The normalized spacial score (nSPS) is 10.1. The number of nitrogens with one attached hydrogen (secondary N) is 1. The van der Waals surface area contributed by atoms with Crippen molar-refractivity contribution < 1.29 is 18.7 Å². The summed E-state index contributed by atoms with van der Waals surface area (Å²) in [5, 5.41) is 2.61. The average Bonchev–Trinajstić information content (AvgIpc) is 2.51. The number of hydrogen-bond donors (Lipinski definition) is 1. The van der Waals surface area contributed by atoms with Crippen LogP contribution in [0.15, 0.2) is 46.9 Å². The van der Waals surface area contributed by atoms with Gasteiger partial charge in [-0.2, -0.15) is 0 Å². The lowest BCUT2D eigenvalue weighted by molar-refractivity contribution is 0.0943. The second-order valence-electron chi connectivity index (χ2n) is 4.38. The smallest absolute Gasteiger partial charge is 0.254 e. The quantitative estimate of drug-likeness (QED) is 0.795. The average molecular weight is 368 g/mol. The summed E-state index contributed by atoms with van der Waals surface area (Å²) in [7, 11) is 1.56. The first-order valence-corrected chi connectivity index (χ1v) is 7.40. The van der Waals surface area contributed by atoms with Crippen molar-refractivity contribution in [2.24, 2.45) is 0 Å². The molecule has 0 saturated carbocycles. The third-order valence-electron chi connectivity index (χ3n) is 2.89. The lowest BCUT2D eigenvalue weighted by atomic mass is 10.2. The predicted octanol–water partition coefficient (Wildman–Crippen LogP) is 3.41. The maximum atomic E-state index is 13.6. The van der Waals surface area contributed by atoms with Gasteiger partial charge in [-0.1, -0.05) is 28.1 Å². The molecule has 0 bridgehead atoms.